The third-order valence-corrected chi connectivity index (χ3v) is 6.51. The van der Waals surface area contributed by atoms with Crippen molar-refractivity contribution in [2.75, 3.05) is 32.1 Å². The summed E-state index contributed by atoms with van der Waals surface area (Å²) < 4.78 is 31.5. The average molecular weight is 374 g/mol. The van der Waals surface area contributed by atoms with Crippen LogP contribution in [0.1, 0.15) is 20.3 Å². The Balaban J connectivity index is 1.94. The zero-order chi connectivity index (χ0) is 17.6. The molecule has 0 aliphatic carbocycles. The highest BCUT2D eigenvalue weighted by molar-refractivity contribution is 7.99. The van der Waals surface area contributed by atoms with Gasteiger partial charge in [0.2, 0.25) is 15.9 Å². The molecule has 1 fully saturated rings. The second-order valence-corrected chi connectivity index (χ2v) is 8.45. The number of nitrogens with zero attached hydrogens (tertiary/aromatic N) is 2. The molecule has 0 radical (unpaired) electrons. The molecule has 2 heterocycles. The number of thioether (sulfide) groups is 1. The van der Waals surface area contributed by atoms with Crippen molar-refractivity contribution in [2.45, 2.75) is 36.2 Å². The molecule has 134 valence electrons. The zero-order valence-corrected chi connectivity index (χ0v) is 15.5. The smallest absolute Gasteiger partial charge is 0.244 e. The number of carbonyl (C=O) groups excluding carboxylic acids is 1. The number of amides is 1. The molecule has 24 heavy (non-hydrogen) atoms. The van der Waals surface area contributed by atoms with Crippen molar-refractivity contribution in [1.82, 2.24) is 14.6 Å². The van der Waals surface area contributed by atoms with E-state index in [1.165, 1.54) is 28.3 Å². The minimum absolute atomic E-state index is 0.0545. The highest BCUT2D eigenvalue weighted by Crippen LogP contribution is 2.20. The fourth-order valence-electron chi connectivity index (χ4n) is 2.10. The van der Waals surface area contributed by atoms with Gasteiger partial charge in [-0.3, -0.25) is 4.79 Å². The van der Waals surface area contributed by atoms with Gasteiger partial charge in [0.25, 0.3) is 0 Å². The van der Waals surface area contributed by atoms with Crippen LogP contribution in [0.25, 0.3) is 0 Å². The van der Waals surface area contributed by atoms with Crippen molar-refractivity contribution in [3.8, 4) is 0 Å². The van der Waals surface area contributed by atoms with Gasteiger partial charge in [0.15, 0.2) is 0 Å². The van der Waals surface area contributed by atoms with E-state index in [4.69, 9.17) is 4.74 Å². The van der Waals surface area contributed by atoms with E-state index in [-0.39, 0.29) is 22.6 Å². The van der Waals surface area contributed by atoms with Crippen LogP contribution in [0.15, 0.2) is 28.3 Å². The van der Waals surface area contributed by atoms with Crippen LogP contribution < -0.4 is 5.32 Å². The first kappa shape index (κ1) is 19.2. The maximum atomic E-state index is 12.5. The van der Waals surface area contributed by atoms with Crippen molar-refractivity contribution in [3.05, 3.63) is 18.3 Å². The number of rotatable bonds is 7. The summed E-state index contributed by atoms with van der Waals surface area (Å²) in [6, 6.07) is 3.31. The fourth-order valence-corrected chi connectivity index (χ4v) is 4.11. The Morgan fingerprint density at radius 1 is 1.42 bits per heavy atom. The van der Waals surface area contributed by atoms with Crippen molar-refractivity contribution >= 4 is 27.7 Å². The molecule has 2 rings (SSSR count). The summed E-state index contributed by atoms with van der Waals surface area (Å²) in [6.07, 6.45) is 2.22. The summed E-state index contributed by atoms with van der Waals surface area (Å²) in [6.45, 7) is 5.49. The van der Waals surface area contributed by atoms with E-state index in [1.54, 1.807) is 6.07 Å². The third-order valence-electron chi connectivity index (χ3n) is 3.69. The van der Waals surface area contributed by atoms with Gasteiger partial charge in [-0.2, -0.15) is 4.31 Å². The lowest BCUT2D eigenvalue weighted by Gasteiger charge is -2.25. The summed E-state index contributed by atoms with van der Waals surface area (Å²) >= 11 is 1.28. The van der Waals surface area contributed by atoms with Crippen LogP contribution in [0.4, 0.5) is 0 Å². The predicted molar refractivity (Wildman–Crippen MR) is 92.4 cm³/mol. The van der Waals surface area contributed by atoms with Crippen LogP contribution in [0.3, 0.4) is 0 Å². The Hall–Kier alpha value is -1.16. The number of nitrogens with one attached hydrogen (secondary N) is 1. The number of morpholine rings is 1. The minimum Gasteiger partial charge on any atom is -0.379 e. The first-order chi connectivity index (χ1) is 11.4. The SMILES string of the molecule is CCC(C)NC(=O)CSc1ccc(S(=O)(=O)N2CCOCC2)cn1. The molecule has 1 N–H and O–H groups in total. The lowest BCUT2D eigenvalue weighted by atomic mass is 10.3. The number of hydrogen-bond acceptors (Lipinski definition) is 6. The second-order valence-electron chi connectivity index (χ2n) is 5.51. The largest absolute Gasteiger partial charge is 0.379 e. The van der Waals surface area contributed by atoms with Crippen LogP contribution in [-0.4, -0.2) is 61.7 Å². The van der Waals surface area contributed by atoms with Gasteiger partial charge in [0.05, 0.1) is 24.0 Å². The highest BCUT2D eigenvalue weighted by atomic mass is 32.2. The van der Waals surface area contributed by atoms with Crippen LogP contribution in [0, 0.1) is 0 Å². The number of ether oxygens (including phenoxy) is 1. The molecule has 0 spiro atoms. The first-order valence-corrected chi connectivity index (χ1v) is 10.3. The number of pyridine rings is 1. The first-order valence-electron chi connectivity index (χ1n) is 7.89. The lowest BCUT2D eigenvalue weighted by molar-refractivity contribution is -0.119. The monoisotopic (exact) mass is 373 g/mol. The van der Waals surface area contributed by atoms with Gasteiger partial charge in [-0.25, -0.2) is 13.4 Å². The summed E-state index contributed by atoms with van der Waals surface area (Å²) in [7, 11) is -3.53. The number of aromatic nitrogens is 1. The summed E-state index contributed by atoms with van der Waals surface area (Å²) in [5.41, 5.74) is 0. The molecule has 9 heteroatoms. The fraction of sp³-hybridized carbons (Fsp3) is 0.600. The summed E-state index contributed by atoms with van der Waals surface area (Å²) in [5, 5.41) is 3.50. The molecule has 1 aliphatic rings. The molecule has 0 saturated carbocycles. The average Bonchev–Trinajstić information content (AvgIpc) is 2.61. The van der Waals surface area contributed by atoms with Crippen molar-refractivity contribution in [2.24, 2.45) is 0 Å². The van der Waals surface area contributed by atoms with E-state index in [0.717, 1.165) is 6.42 Å². The summed E-state index contributed by atoms with van der Waals surface area (Å²) in [5.74, 6) is 0.202. The Labute approximate surface area is 147 Å². The molecule has 1 aromatic rings. The van der Waals surface area contributed by atoms with Crippen LogP contribution in [0.2, 0.25) is 0 Å². The van der Waals surface area contributed by atoms with E-state index in [0.29, 0.717) is 31.3 Å². The van der Waals surface area contributed by atoms with Crippen LogP contribution >= 0.6 is 11.8 Å². The Morgan fingerprint density at radius 2 is 2.12 bits per heavy atom. The molecule has 0 bridgehead atoms. The van der Waals surface area contributed by atoms with E-state index in [9.17, 15) is 13.2 Å². The normalized spacial score (nSPS) is 17.4. The quantitative estimate of drug-likeness (QED) is 0.720. The van der Waals surface area contributed by atoms with E-state index in [2.05, 4.69) is 10.3 Å². The van der Waals surface area contributed by atoms with E-state index >= 15 is 0 Å². The molecule has 1 saturated heterocycles. The van der Waals surface area contributed by atoms with Gasteiger partial charge >= 0.3 is 0 Å². The van der Waals surface area contributed by atoms with Gasteiger partial charge in [-0.1, -0.05) is 18.7 Å². The zero-order valence-electron chi connectivity index (χ0n) is 13.9. The lowest BCUT2D eigenvalue weighted by Crippen LogP contribution is -2.40. The molecule has 1 amide bonds. The second kappa shape index (κ2) is 8.80. The Bertz CT molecular complexity index is 643. The molecule has 1 aliphatic heterocycles. The van der Waals surface area contributed by atoms with E-state index < -0.39 is 10.0 Å². The van der Waals surface area contributed by atoms with Gasteiger partial charge in [-0.15, -0.1) is 0 Å². The molecular formula is C15H23N3O4S2. The van der Waals surface area contributed by atoms with E-state index in [1.807, 2.05) is 13.8 Å². The van der Waals surface area contributed by atoms with Crippen molar-refractivity contribution in [1.29, 1.82) is 0 Å². The maximum absolute atomic E-state index is 12.5. The maximum Gasteiger partial charge on any atom is 0.244 e. The minimum atomic E-state index is -3.53. The standard InChI is InChI=1S/C15H23N3O4S2/c1-3-12(2)17-14(19)11-23-15-5-4-13(10-16-15)24(20,21)18-6-8-22-9-7-18/h4-5,10,12H,3,6-9,11H2,1-2H3,(H,17,19). The predicted octanol–water partition coefficient (Wildman–Crippen LogP) is 1.11. The Morgan fingerprint density at radius 3 is 2.71 bits per heavy atom. The molecule has 1 aromatic heterocycles. The van der Waals surface area contributed by atoms with Gasteiger partial charge in [-0.05, 0) is 25.5 Å². The van der Waals surface area contributed by atoms with Gasteiger partial charge < -0.3 is 10.1 Å². The summed E-state index contributed by atoms with van der Waals surface area (Å²) in [4.78, 5) is 16.1. The molecular weight excluding hydrogens is 350 g/mol. The molecule has 1 atom stereocenters. The Kier molecular flexibility index (Phi) is 7.02. The van der Waals surface area contributed by atoms with Crippen molar-refractivity contribution < 1.29 is 17.9 Å². The van der Waals surface area contributed by atoms with Crippen LogP contribution in [0.5, 0.6) is 0 Å². The van der Waals surface area contributed by atoms with Gasteiger partial charge in [0.1, 0.15) is 4.90 Å². The van der Waals surface area contributed by atoms with Crippen LogP contribution in [-0.2, 0) is 19.6 Å². The molecule has 0 aromatic carbocycles. The molecule has 1 unspecified atom stereocenters. The highest BCUT2D eigenvalue weighted by Gasteiger charge is 2.26. The third kappa shape index (κ3) is 5.17. The molecule has 7 nitrogen and oxygen atoms in total. The number of carbonyl (C=O) groups is 1. The topological polar surface area (TPSA) is 88.6 Å². The number of hydrogen-bond donors (Lipinski definition) is 1. The number of sulfonamides is 1. The van der Waals surface area contributed by atoms with Crippen molar-refractivity contribution in [3.63, 3.8) is 0 Å². The van der Waals surface area contributed by atoms with Gasteiger partial charge in [0, 0.05) is 25.3 Å².